The van der Waals surface area contributed by atoms with Gasteiger partial charge in [-0.15, -0.1) is 0 Å². The van der Waals surface area contributed by atoms with E-state index in [1.165, 1.54) is 17.4 Å². The van der Waals surface area contributed by atoms with Crippen molar-refractivity contribution in [1.82, 2.24) is 19.4 Å². The van der Waals surface area contributed by atoms with Crippen LogP contribution in [0.15, 0.2) is 61.4 Å². The van der Waals surface area contributed by atoms with Gasteiger partial charge in [0.2, 0.25) is 11.9 Å². The highest BCUT2D eigenvalue weighted by Crippen LogP contribution is 2.39. The second kappa shape index (κ2) is 13.3. The van der Waals surface area contributed by atoms with E-state index in [4.69, 9.17) is 9.72 Å². The number of nitrogens with one attached hydrogen (secondary N) is 2. The number of amides is 1. The molecule has 4 rings (SSSR count). The number of carbonyl (C=O) groups is 1. The van der Waals surface area contributed by atoms with Gasteiger partial charge < -0.3 is 29.7 Å². The molecule has 42 heavy (non-hydrogen) atoms. The Kier molecular flexibility index (Phi) is 9.75. The number of aromatic nitrogens is 3. The van der Waals surface area contributed by atoms with Crippen LogP contribution in [0.2, 0.25) is 0 Å². The molecule has 9 nitrogen and oxygen atoms in total. The summed E-state index contributed by atoms with van der Waals surface area (Å²) in [6, 6.07) is 11.2. The first-order chi connectivity index (χ1) is 20.0. The summed E-state index contributed by atoms with van der Waals surface area (Å²) in [5.74, 6) is -0.377. The average molecular weight is 596 g/mol. The number of ether oxygens (including phenoxy) is 1. The fraction of sp³-hybridized carbons (Fsp3) is 0.300. The van der Waals surface area contributed by atoms with Crippen LogP contribution in [-0.2, 0) is 11.8 Å². The number of rotatable bonds is 12. The lowest BCUT2D eigenvalue weighted by Gasteiger charge is -2.26. The third-order valence-corrected chi connectivity index (χ3v) is 8.03. The maximum Gasteiger partial charge on any atom is 0.387 e. The maximum atomic E-state index is 13.5. The lowest BCUT2D eigenvalue weighted by Crippen LogP contribution is -2.29. The number of fused-ring (bicyclic) bond motifs is 1. The molecule has 0 aliphatic rings. The molecule has 2 N–H and O–H groups in total. The minimum absolute atomic E-state index is 0.115. The fourth-order valence-corrected chi connectivity index (χ4v) is 5.23. The number of likely N-dealkylation sites (N-methyl/N-ethyl adjacent to an activating group) is 2. The first kappa shape index (κ1) is 30.9. The molecule has 222 valence electrons. The number of hydrogen-bond acceptors (Lipinski definition) is 7. The number of halogens is 2. The van der Waals surface area contributed by atoms with E-state index in [0.29, 0.717) is 30.2 Å². The molecule has 0 fully saturated rings. The Bertz CT molecular complexity index is 1590. The Balaban J connectivity index is 1.75. The summed E-state index contributed by atoms with van der Waals surface area (Å²) >= 11 is 0. The minimum Gasteiger partial charge on any atom is -0.433 e. The van der Waals surface area contributed by atoms with Gasteiger partial charge in [-0.05, 0) is 57.0 Å². The lowest BCUT2D eigenvalue weighted by molar-refractivity contribution is -0.111. The van der Waals surface area contributed by atoms with Crippen molar-refractivity contribution in [3.8, 4) is 17.0 Å². The van der Waals surface area contributed by atoms with E-state index in [-0.39, 0.29) is 25.3 Å². The summed E-state index contributed by atoms with van der Waals surface area (Å²) in [7, 11) is 7.43. The van der Waals surface area contributed by atoms with Gasteiger partial charge in [-0.3, -0.25) is 4.79 Å². The molecule has 0 aliphatic carbocycles. The van der Waals surface area contributed by atoms with Gasteiger partial charge in [-0.25, -0.2) is 9.97 Å². The van der Waals surface area contributed by atoms with E-state index in [2.05, 4.69) is 58.3 Å². The van der Waals surface area contributed by atoms with Crippen LogP contribution >= 0.6 is 7.92 Å². The van der Waals surface area contributed by atoms with E-state index in [1.54, 1.807) is 12.3 Å². The zero-order valence-electron chi connectivity index (χ0n) is 24.7. The van der Waals surface area contributed by atoms with Crippen molar-refractivity contribution < 1.29 is 18.3 Å². The van der Waals surface area contributed by atoms with Crippen LogP contribution in [0.5, 0.6) is 5.75 Å². The molecule has 0 radical (unpaired) electrons. The van der Waals surface area contributed by atoms with Gasteiger partial charge >= 0.3 is 6.61 Å². The number of alkyl halides is 2. The second-order valence-electron chi connectivity index (χ2n) is 10.3. The molecule has 0 atom stereocenters. The van der Waals surface area contributed by atoms with Gasteiger partial charge in [0.15, 0.2) is 5.75 Å². The number of anilines is 4. The van der Waals surface area contributed by atoms with Crippen molar-refractivity contribution in [1.29, 1.82) is 0 Å². The van der Waals surface area contributed by atoms with Gasteiger partial charge in [0.05, 0.1) is 22.8 Å². The number of aryl methyl sites for hydroxylation is 1. The Labute approximate surface area is 246 Å². The molecule has 0 aliphatic heterocycles. The van der Waals surface area contributed by atoms with Crippen LogP contribution in [0.1, 0.15) is 0 Å². The molecule has 0 saturated carbocycles. The van der Waals surface area contributed by atoms with E-state index in [0.717, 1.165) is 22.5 Å². The molecule has 2 heterocycles. The SMILES string of the molecule is C=CC(=O)Nc1cc(Nc2nccc(-c3cn(C)c4cc(P(C)C)ccc34)n2)c(OC(F)F)cc1N(C)CCN(C)C. The zero-order valence-corrected chi connectivity index (χ0v) is 25.5. The molecule has 0 bridgehead atoms. The minimum atomic E-state index is -3.07. The zero-order chi connectivity index (χ0) is 30.6. The third kappa shape index (κ3) is 7.21. The Hall–Kier alpha value is -4.08. The van der Waals surface area contributed by atoms with Crippen molar-refractivity contribution in [2.75, 3.05) is 63.1 Å². The first-order valence-corrected chi connectivity index (χ1v) is 15.5. The quantitative estimate of drug-likeness (QED) is 0.166. The van der Waals surface area contributed by atoms with Crippen molar-refractivity contribution in [2.24, 2.45) is 7.05 Å². The Morgan fingerprint density at radius 3 is 2.57 bits per heavy atom. The van der Waals surface area contributed by atoms with Crippen LogP contribution in [0.25, 0.3) is 22.2 Å². The molecular formula is C30H36F2N7O2P. The van der Waals surface area contributed by atoms with Crippen molar-refractivity contribution >= 4 is 53.0 Å². The van der Waals surface area contributed by atoms with Gasteiger partial charge in [0.1, 0.15) is 0 Å². The summed E-state index contributed by atoms with van der Waals surface area (Å²) in [6.45, 7) is 6.16. The topological polar surface area (TPSA) is 87.5 Å². The molecule has 0 saturated heterocycles. The van der Waals surface area contributed by atoms with Crippen molar-refractivity contribution in [3.63, 3.8) is 0 Å². The van der Waals surface area contributed by atoms with Crippen LogP contribution in [0.3, 0.4) is 0 Å². The van der Waals surface area contributed by atoms with Crippen molar-refractivity contribution in [2.45, 2.75) is 6.61 Å². The Morgan fingerprint density at radius 1 is 1.14 bits per heavy atom. The molecule has 12 heteroatoms. The first-order valence-electron chi connectivity index (χ1n) is 13.3. The summed E-state index contributed by atoms with van der Waals surface area (Å²) in [4.78, 5) is 25.1. The van der Waals surface area contributed by atoms with Gasteiger partial charge in [0.25, 0.3) is 0 Å². The van der Waals surface area contributed by atoms with Gasteiger partial charge in [0, 0.05) is 62.1 Å². The highest BCUT2D eigenvalue weighted by Gasteiger charge is 2.20. The summed E-state index contributed by atoms with van der Waals surface area (Å²) in [5, 5.41) is 8.14. The van der Waals surface area contributed by atoms with Crippen LogP contribution < -0.4 is 25.6 Å². The van der Waals surface area contributed by atoms with E-state index in [1.807, 2.05) is 44.2 Å². The number of nitrogens with zero attached hydrogens (tertiary/aromatic N) is 5. The molecular weight excluding hydrogens is 559 g/mol. The predicted octanol–water partition coefficient (Wildman–Crippen LogP) is 5.47. The summed E-state index contributed by atoms with van der Waals surface area (Å²) in [5.41, 5.74) is 3.73. The lowest BCUT2D eigenvalue weighted by atomic mass is 10.1. The molecule has 1 amide bonds. The Morgan fingerprint density at radius 2 is 1.90 bits per heavy atom. The summed E-state index contributed by atoms with van der Waals surface area (Å²) in [6.07, 6.45) is 4.76. The van der Waals surface area contributed by atoms with Crippen molar-refractivity contribution in [3.05, 3.63) is 61.4 Å². The molecule has 0 unspecified atom stereocenters. The van der Waals surface area contributed by atoms with Gasteiger partial charge in [-0.1, -0.05) is 26.6 Å². The maximum absolute atomic E-state index is 13.5. The standard InChI is InChI=1S/C30H36F2N7O2P/c1-8-28(40)34-23-16-24(27(41-29(31)32)17-26(23)38(4)14-13-37(2)3)36-30-33-12-11-22(35-30)21-18-39(5)25-15-19(42(6)7)9-10-20(21)25/h8-12,15-18,29H,1,13-14H2,2-7H3,(H,34,40)(H,33,35,36). The normalized spacial score (nSPS) is 11.4. The monoisotopic (exact) mass is 595 g/mol. The number of benzene rings is 2. The highest BCUT2D eigenvalue weighted by atomic mass is 31.1. The smallest absolute Gasteiger partial charge is 0.387 e. The molecule has 4 aromatic rings. The fourth-order valence-electron chi connectivity index (χ4n) is 4.47. The van der Waals surface area contributed by atoms with Crippen LogP contribution in [0, 0.1) is 0 Å². The second-order valence-corrected chi connectivity index (χ2v) is 12.6. The van der Waals surface area contributed by atoms with Crippen LogP contribution in [-0.4, -0.2) is 79.5 Å². The third-order valence-electron chi connectivity index (χ3n) is 6.72. The van der Waals surface area contributed by atoms with Crippen LogP contribution in [0.4, 0.5) is 31.8 Å². The van der Waals surface area contributed by atoms with Gasteiger partial charge in [-0.2, -0.15) is 8.78 Å². The molecule has 2 aromatic carbocycles. The largest absolute Gasteiger partial charge is 0.433 e. The molecule has 0 spiro atoms. The average Bonchev–Trinajstić information content (AvgIpc) is 3.28. The number of carbonyl (C=O) groups excluding carboxylic acids is 1. The highest BCUT2D eigenvalue weighted by molar-refractivity contribution is 7.64. The van der Waals surface area contributed by atoms with E-state index in [9.17, 15) is 13.6 Å². The summed E-state index contributed by atoms with van der Waals surface area (Å²) < 4.78 is 34.0. The van der Waals surface area contributed by atoms with E-state index < -0.39 is 12.5 Å². The van der Waals surface area contributed by atoms with E-state index >= 15 is 0 Å². The molecule has 2 aromatic heterocycles. The number of hydrogen-bond donors (Lipinski definition) is 2. The predicted molar refractivity (Wildman–Crippen MR) is 169 cm³/mol.